The minimum absolute atomic E-state index is 0.0885. The van der Waals surface area contributed by atoms with Crippen LogP contribution in [-0.4, -0.2) is 52.9 Å². The highest BCUT2D eigenvalue weighted by Gasteiger charge is 2.52. The number of esters is 1. The number of rotatable bonds is 7. The van der Waals surface area contributed by atoms with Crippen LogP contribution >= 0.6 is 0 Å². The van der Waals surface area contributed by atoms with E-state index in [0.29, 0.717) is 12.8 Å². The summed E-state index contributed by atoms with van der Waals surface area (Å²) < 4.78 is 4.89. The molecule has 148 valence electrons. The number of hydrogen-bond acceptors (Lipinski definition) is 6. The molecule has 27 heavy (non-hydrogen) atoms. The maximum absolute atomic E-state index is 12.5. The first-order valence-corrected chi connectivity index (χ1v) is 9.15. The molecule has 2 rings (SSSR count). The highest BCUT2D eigenvalue weighted by atomic mass is 16.5. The standard InChI is InChI=1S/C18H26N4O5/c1-12(2)17(3,11-19)20-13(23)10-27-14(24)6-9-22-15(25)18(21-16(22)26)7-4-5-8-18/h12H,4-10H2,1-3H3,(H,20,23)(H,21,26)/t17-/m1/s1. The molecule has 0 radical (unpaired) electrons. The zero-order valence-corrected chi connectivity index (χ0v) is 16.0. The number of imide groups is 1. The van der Waals surface area contributed by atoms with Crippen molar-refractivity contribution in [2.24, 2.45) is 5.92 Å². The maximum atomic E-state index is 12.5. The fourth-order valence-electron chi connectivity index (χ4n) is 3.25. The first-order valence-electron chi connectivity index (χ1n) is 9.15. The molecule has 0 aromatic rings. The Bertz CT molecular complexity index is 678. The summed E-state index contributed by atoms with van der Waals surface area (Å²) in [5.74, 6) is -1.69. The van der Waals surface area contributed by atoms with Gasteiger partial charge in [0.1, 0.15) is 11.1 Å². The smallest absolute Gasteiger partial charge is 0.325 e. The number of urea groups is 1. The van der Waals surface area contributed by atoms with Crippen LogP contribution in [0.25, 0.3) is 0 Å². The number of hydrogen-bond donors (Lipinski definition) is 2. The third-order valence-corrected chi connectivity index (χ3v) is 5.39. The van der Waals surface area contributed by atoms with Crippen molar-refractivity contribution >= 4 is 23.8 Å². The van der Waals surface area contributed by atoms with E-state index in [1.54, 1.807) is 20.8 Å². The van der Waals surface area contributed by atoms with Gasteiger partial charge in [-0.2, -0.15) is 5.26 Å². The van der Waals surface area contributed by atoms with Crippen molar-refractivity contribution in [2.75, 3.05) is 13.2 Å². The lowest BCUT2D eigenvalue weighted by atomic mass is 9.90. The highest BCUT2D eigenvalue weighted by molar-refractivity contribution is 6.07. The molecule has 4 amide bonds. The van der Waals surface area contributed by atoms with Gasteiger partial charge in [0, 0.05) is 6.54 Å². The number of nitrogens with zero attached hydrogens (tertiary/aromatic N) is 2. The lowest BCUT2D eigenvalue weighted by Gasteiger charge is -2.27. The summed E-state index contributed by atoms with van der Waals surface area (Å²) in [7, 11) is 0. The minimum Gasteiger partial charge on any atom is -0.456 e. The average Bonchev–Trinajstić information content (AvgIpc) is 3.17. The molecule has 1 aliphatic carbocycles. The van der Waals surface area contributed by atoms with Gasteiger partial charge in [-0.1, -0.05) is 26.7 Å². The Morgan fingerprint density at radius 2 is 2.00 bits per heavy atom. The molecule has 0 bridgehead atoms. The van der Waals surface area contributed by atoms with Gasteiger partial charge in [-0.25, -0.2) is 4.79 Å². The van der Waals surface area contributed by atoms with E-state index >= 15 is 0 Å². The van der Waals surface area contributed by atoms with Crippen LogP contribution in [0, 0.1) is 17.2 Å². The molecule has 0 unspecified atom stereocenters. The molecular weight excluding hydrogens is 352 g/mol. The Balaban J connectivity index is 1.78. The summed E-state index contributed by atoms with van der Waals surface area (Å²) in [6.45, 7) is 4.57. The summed E-state index contributed by atoms with van der Waals surface area (Å²) in [6.07, 6.45) is 2.81. The Hall–Kier alpha value is -2.63. The number of carbonyl (C=O) groups excluding carboxylic acids is 4. The third-order valence-electron chi connectivity index (χ3n) is 5.39. The molecule has 1 saturated heterocycles. The minimum atomic E-state index is -1.06. The number of amides is 4. The normalized spacial score (nSPS) is 20.3. The Kier molecular flexibility index (Phi) is 6.08. The van der Waals surface area contributed by atoms with E-state index in [4.69, 9.17) is 4.74 Å². The molecule has 2 fully saturated rings. The quantitative estimate of drug-likeness (QED) is 0.499. The van der Waals surface area contributed by atoms with Crippen LogP contribution in [-0.2, 0) is 19.1 Å². The predicted octanol–water partition coefficient (Wildman–Crippen LogP) is 0.839. The number of carbonyl (C=O) groups is 4. The molecule has 1 saturated carbocycles. The number of nitriles is 1. The summed E-state index contributed by atoms with van der Waals surface area (Å²) >= 11 is 0. The van der Waals surface area contributed by atoms with Crippen LogP contribution in [0.4, 0.5) is 4.79 Å². The Morgan fingerprint density at radius 1 is 1.37 bits per heavy atom. The van der Waals surface area contributed by atoms with Gasteiger partial charge in [-0.15, -0.1) is 0 Å². The molecule has 1 heterocycles. The second kappa shape index (κ2) is 7.94. The van der Waals surface area contributed by atoms with Crippen LogP contribution in [0.1, 0.15) is 52.9 Å². The van der Waals surface area contributed by atoms with Crippen molar-refractivity contribution in [3.05, 3.63) is 0 Å². The molecule has 2 aliphatic rings. The Morgan fingerprint density at radius 3 is 2.56 bits per heavy atom. The maximum Gasteiger partial charge on any atom is 0.325 e. The zero-order chi connectivity index (χ0) is 20.2. The van der Waals surface area contributed by atoms with Gasteiger partial charge in [0.05, 0.1) is 12.5 Å². The van der Waals surface area contributed by atoms with Crippen molar-refractivity contribution in [1.82, 2.24) is 15.5 Å². The van der Waals surface area contributed by atoms with Gasteiger partial charge in [0.15, 0.2) is 6.61 Å². The van der Waals surface area contributed by atoms with Gasteiger partial charge < -0.3 is 15.4 Å². The fourth-order valence-corrected chi connectivity index (χ4v) is 3.25. The van der Waals surface area contributed by atoms with E-state index in [9.17, 15) is 24.4 Å². The first-order chi connectivity index (χ1) is 12.6. The van der Waals surface area contributed by atoms with Crippen molar-refractivity contribution in [1.29, 1.82) is 5.26 Å². The van der Waals surface area contributed by atoms with Crippen LogP contribution in [0.2, 0.25) is 0 Å². The van der Waals surface area contributed by atoms with Gasteiger partial charge in [0.2, 0.25) is 0 Å². The van der Waals surface area contributed by atoms with Crippen molar-refractivity contribution in [3.8, 4) is 6.07 Å². The summed E-state index contributed by atoms with van der Waals surface area (Å²) in [6, 6.07) is 1.54. The average molecular weight is 378 g/mol. The molecule has 1 aliphatic heterocycles. The van der Waals surface area contributed by atoms with E-state index in [1.807, 2.05) is 6.07 Å². The third kappa shape index (κ3) is 4.38. The molecule has 9 heteroatoms. The fraction of sp³-hybridized carbons (Fsp3) is 0.722. The van der Waals surface area contributed by atoms with Crippen LogP contribution < -0.4 is 10.6 Å². The SMILES string of the molecule is CC(C)[C@@](C)(C#N)NC(=O)COC(=O)CCN1C(=O)NC2(CCCC2)C1=O. The van der Waals surface area contributed by atoms with Crippen molar-refractivity contribution < 1.29 is 23.9 Å². The lowest BCUT2D eigenvalue weighted by molar-refractivity contribution is -0.149. The predicted molar refractivity (Wildman–Crippen MR) is 94.0 cm³/mol. The summed E-state index contributed by atoms with van der Waals surface area (Å²) in [5.41, 5.74) is -1.86. The number of nitrogens with one attached hydrogen (secondary N) is 2. The topological polar surface area (TPSA) is 129 Å². The molecule has 1 atom stereocenters. The molecule has 0 aromatic heterocycles. The molecule has 9 nitrogen and oxygen atoms in total. The van der Waals surface area contributed by atoms with E-state index < -0.39 is 35.6 Å². The summed E-state index contributed by atoms with van der Waals surface area (Å²) in [4.78, 5) is 49.3. The molecule has 1 spiro atoms. The Labute approximate surface area is 158 Å². The van der Waals surface area contributed by atoms with Crippen LogP contribution in [0.5, 0.6) is 0 Å². The van der Waals surface area contributed by atoms with E-state index in [1.165, 1.54) is 0 Å². The highest BCUT2D eigenvalue weighted by Crippen LogP contribution is 2.35. The van der Waals surface area contributed by atoms with Crippen LogP contribution in [0.3, 0.4) is 0 Å². The first kappa shape index (κ1) is 20.7. The van der Waals surface area contributed by atoms with Crippen LogP contribution in [0.15, 0.2) is 0 Å². The van der Waals surface area contributed by atoms with Crippen molar-refractivity contribution in [3.63, 3.8) is 0 Å². The van der Waals surface area contributed by atoms with Gasteiger partial charge in [-0.05, 0) is 25.7 Å². The van der Waals surface area contributed by atoms with E-state index in [-0.39, 0.29) is 24.8 Å². The zero-order valence-electron chi connectivity index (χ0n) is 16.0. The summed E-state index contributed by atoms with van der Waals surface area (Å²) in [5, 5.41) is 14.4. The van der Waals surface area contributed by atoms with Crippen molar-refractivity contribution in [2.45, 2.75) is 64.0 Å². The van der Waals surface area contributed by atoms with Gasteiger partial charge in [-0.3, -0.25) is 19.3 Å². The second-order valence-corrected chi connectivity index (χ2v) is 7.60. The van der Waals surface area contributed by atoms with Gasteiger partial charge >= 0.3 is 12.0 Å². The van der Waals surface area contributed by atoms with E-state index in [0.717, 1.165) is 17.7 Å². The largest absolute Gasteiger partial charge is 0.456 e. The lowest BCUT2D eigenvalue weighted by Crippen LogP contribution is -2.50. The molecule has 0 aromatic carbocycles. The molecule has 2 N–H and O–H groups in total. The molecular formula is C18H26N4O5. The van der Waals surface area contributed by atoms with Gasteiger partial charge in [0.25, 0.3) is 11.8 Å². The number of ether oxygens (including phenoxy) is 1. The van der Waals surface area contributed by atoms with E-state index in [2.05, 4.69) is 10.6 Å². The second-order valence-electron chi connectivity index (χ2n) is 7.60. The monoisotopic (exact) mass is 378 g/mol.